The fourth-order valence-corrected chi connectivity index (χ4v) is 3.18. The number of hydroxylamine groups is 2. The third-order valence-electron chi connectivity index (χ3n) is 3.95. The molecule has 2 aliphatic rings. The first-order valence-corrected chi connectivity index (χ1v) is 5.86. The smallest absolute Gasteiger partial charge is 0.0272 e. The van der Waals surface area contributed by atoms with Crippen molar-refractivity contribution in [2.24, 2.45) is 5.92 Å². The molecule has 1 aromatic rings. The van der Waals surface area contributed by atoms with Crippen LogP contribution in [0.5, 0.6) is 0 Å². The fourth-order valence-electron chi connectivity index (χ4n) is 3.18. The van der Waals surface area contributed by atoms with Crippen LogP contribution in [0.4, 0.5) is 0 Å². The largest absolute Gasteiger partial charge is 0.314 e. The highest BCUT2D eigenvalue weighted by Gasteiger charge is 2.33. The Hall–Kier alpha value is -0.860. The Bertz CT molecular complexity index is 363. The quantitative estimate of drug-likeness (QED) is 0.700. The molecule has 3 rings (SSSR count). The van der Waals surface area contributed by atoms with E-state index in [2.05, 4.69) is 24.3 Å². The van der Waals surface area contributed by atoms with Gasteiger partial charge in [0.2, 0.25) is 0 Å². The first-order chi connectivity index (χ1) is 7.34. The normalized spacial score (nSPS) is 30.7. The maximum absolute atomic E-state index is 9.53. The van der Waals surface area contributed by atoms with Crippen LogP contribution in [0.25, 0.3) is 0 Å². The number of benzene rings is 1. The van der Waals surface area contributed by atoms with Gasteiger partial charge in [-0.05, 0) is 42.2 Å². The van der Waals surface area contributed by atoms with Crippen molar-refractivity contribution in [1.82, 2.24) is 5.06 Å². The molecule has 1 N–H and O–H groups in total. The molecule has 1 fully saturated rings. The molecule has 2 unspecified atom stereocenters. The average molecular weight is 203 g/mol. The summed E-state index contributed by atoms with van der Waals surface area (Å²) in [4.78, 5) is 0. The molecule has 2 nitrogen and oxygen atoms in total. The van der Waals surface area contributed by atoms with E-state index in [0.717, 1.165) is 19.5 Å². The van der Waals surface area contributed by atoms with E-state index in [1.807, 2.05) is 0 Å². The van der Waals surface area contributed by atoms with E-state index in [0.29, 0.717) is 11.8 Å². The highest BCUT2D eigenvalue weighted by molar-refractivity contribution is 5.33. The summed E-state index contributed by atoms with van der Waals surface area (Å²) in [6, 6.07) is 8.82. The summed E-state index contributed by atoms with van der Waals surface area (Å²) < 4.78 is 0. The summed E-state index contributed by atoms with van der Waals surface area (Å²) in [7, 11) is 0. The summed E-state index contributed by atoms with van der Waals surface area (Å²) in [5.74, 6) is 1.36. The van der Waals surface area contributed by atoms with Gasteiger partial charge in [-0.2, -0.15) is 5.06 Å². The second-order valence-corrected chi connectivity index (χ2v) is 4.81. The van der Waals surface area contributed by atoms with Crippen LogP contribution in [0.3, 0.4) is 0 Å². The van der Waals surface area contributed by atoms with E-state index < -0.39 is 0 Å². The van der Waals surface area contributed by atoms with Crippen LogP contribution < -0.4 is 0 Å². The van der Waals surface area contributed by atoms with Gasteiger partial charge in [0.25, 0.3) is 0 Å². The third kappa shape index (κ3) is 1.58. The Morgan fingerprint density at radius 2 is 2.07 bits per heavy atom. The van der Waals surface area contributed by atoms with Crippen LogP contribution in [-0.4, -0.2) is 23.4 Å². The molecule has 0 amide bonds. The van der Waals surface area contributed by atoms with Gasteiger partial charge < -0.3 is 5.21 Å². The Morgan fingerprint density at radius 1 is 1.20 bits per heavy atom. The molecule has 1 aromatic carbocycles. The predicted octanol–water partition coefficient (Wildman–Crippen LogP) is 2.43. The van der Waals surface area contributed by atoms with Crippen LogP contribution in [0.15, 0.2) is 24.3 Å². The first-order valence-electron chi connectivity index (χ1n) is 5.86. The van der Waals surface area contributed by atoms with Gasteiger partial charge in [0, 0.05) is 13.1 Å². The van der Waals surface area contributed by atoms with Gasteiger partial charge in [-0.25, -0.2) is 0 Å². The van der Waals surface area contributed by atoms with Crippen molar-refractivity contribution in [3.05, 3.63) is 35.4 Å². The SMILES string of the molecule is ON1CCC2c3ccccc3CCC2C1. The molecule has 80 valence electrons. The van der Waals surface area contributed by atoms with Crippen molar-refractivity contribution in [3.63, 3.8) is 0 Å². The molecule has 0 aromatic heterocycles. The zero-order valence-corrected chi connectivity index (χ0v) is 8.89. The highest BCUT2D eigenvalue weighted by Crippen LogP contribution is 2.40. The lowest BCUT2D eigenvalue weighted by Gasteiger charge is -2.39. The number of rotatable bonds is 0. The van der Waals surface area contributed by atoms with Gasteiger partial charge in [-0.15, -0.1) is 0 Å². The Labute approximate surface area is 90.5 Å². The number of hydrogen-bond acceptors (Lipinski definition) is 2. The highest BCUT2D eigenvalue weighted by atomic mass is 16.5. The minimum atomic E-state index is 0.665. The molecular formula is C13H17NO. The Balaban J connectivity index is 1.93. The molecule has 2 atom stereocenters. The zero-order chi connectivity index (χ0) is 10.3. The van der Waals surface area contributed by atoms with Crippen molar-refractivity contribution in [2.75, 3.05) is 13.1 Å². The van der Waals surface area contributed by atoms with Crippen molar-refractivity contribution < 1.29 is 5.21 Å². The minimum Gasteiger partial charge on any atom is -0.314 e. The number of fused-ring (bicyclic) bond motifs is 3. The molecule has 0 radical (unpaired) electrons. The lowest BCUT2D eigenvalue weighted by atomic mass is 9.72. The molecule has 1 aliphatic heterocycles. The molecule has 1 heterocycles. The molecular weight excluding hydrogens is 186 g/mol. The van der Waals surface area contributed by atoms with Crippen molar-refractivity contribution >= 4 is 0 Å². The summed E-state index contributed by atoms with van der Waals surface area (Å²) in [5.41, 5.74) is 3.08. The fraction of sp³-hybridized carbons (Fsp3) is 0.538. The lowest BCUT2D eigenvalue weighted by Crippen LogP contribution is -2.39. The maximum atomic E-state index is 9.53. The van der Waals surface area contributed by atoms with Crippen LogP contribution in [-0.2, 0) is 6.42 Å². The standard InChI is InChI=1S/C13H17NO/c15-14-8-7-13-11(9-14)6-5-10-3-1-2-4-12(10)13/h1-4,11,13,15H,5-9H2. The van der Waals surface area contributed by atoms with Gasteiger partial charge >= 0.3 is 0 Å². The summed E-state index contributed by atoms with van der Waals surface area (Å²) in [6.07, 6.45) is 3.53. The molecule has 15 heavy (non-hydrogen) atoms. The molecule has 0 bridgehead atoms. The minimum absolute atomic E-state index is 0.665. The van der Waals surface area contributed by atoms with Crippen molar-refractivity contribution in [3.8, 4) is 0 Å². The van der Waals surface area contributed by atoms with Crippen molar-refractivity contribution in [2.45, 2.75) is 25.2 Å². The summed E-state index contributed by atoms with van der Waals surface area (Å²) in [5, 5.41) is 11.0. The summed E-state index contributed by atoms with van der Waals surface area (Å²) >= 11 is 0. The predicted molar refractivity (Wildman–Crippen MR) is 59.0 cm³/mol. The van der Waals surface area contributed by atoms with E-state index in [1.54, 1.807) is 5.56 Å². The first kappa shape index (κ1) is 9.37. The maximum Gasteiger partial charge on any atom is 0.0272 e. The van der Waals surface area contributed by atoms with E-state index in [4.69, 9.17) is 0 Å². The van der Waals surface area contributed by atoms with Gasteiger partial charge in [0.05, 0.1) is 0 Å². The number of hydrogen-bond donors (Lipinski definition) is 1. The van der Waals surface area contributed by atoms with Crippen LogP contribution in [0.2, 0.25) is 0 Å². The van der Waals surface area contributed by atoms with Crippen LogP contribution in [0, 0.1) is 5.92 Å². The Morgan fingerprint density at radius 3 is 3.00 bits per heavy atom. The Kier molecular flexibility index (Phi) is 2.26. The van der Waals surface area contributed by atoms with Crippen molar-refractivity contribution in [1.29, 1.82) is 0 Å². The molecule has 1 aliphatic carbocycles. The number of nitrogens with zero attached hydrogens (tertiary/aromatic N) is 1. The molecule has 2 heteroatoms. The van der Waals surface area contributed by atoms with E-state index in [9.17, 15) is 5.21 Å². The molecule has 0 spiro atoms. The third-order valence-corrected chi connectivity index (χ3v) is 3.95. The van der Waals surface area contributed by atoms with Crippen LogP contribution in [0.1, 0.15) is 29.9 Å². The second-order valence-electron chi connectivity index (χ2n) is 4.81. The van der Waals surface area contributed by atoms with Gasteiger partial charge in [0.15, 0.2) is 0 Å². The zero-order valence-electron chi connectivity index (χ0n) is 8.89. The second kappa shape index (κ2) is 3.62. The van der Waals surface area contributed by atoms with E-state index in [1.165, 1.54) is 23.5 Å². The monoisotopic (exact) mass is 203 g/mol. The van der Waals surface area contributed by atoms with E-state index >= 15 is 0 Å². The summed E-state index contributed by atoms with van der Waals surface area (Å²) in [6.45, 7) is 1.69. The van der Waals surface area contributed by atoms with Gasteiger partial charge in [-0.3, -0.25) is 0 Å². The lowest BCUT2D eigenvalue weighted by molar-refractivity contribution is -0.123. The molecule has 0 saturated carbocycles. The van der Waals surface area contributed by atoms with Gasteiger partial charge in [-0.1, -0.05) is 24.3 Å². The topological polar surface area (TPSA) is 23.5 Å². The number of aryl methyl sites for hydroxylation is 1. The van der Waals surface area contributed by atoms with Crippen LogP contribution >= 0.6 is 0 Å². The van der Waals surface area contributed by atoms with E-state index in [-0.39, 0.29) is 0 Å². The molecule has 1 saturated heterocycles. The average Bonchev–Trinajstić information content (AvgIpc) is 2.28. The van der Waals surface area contributed by atoms with Gasteiger partial charge in [0.1, 0.15) is 0 Å². The number of piperidine rings is 1.